The molecule has 18 heavy (non-hydrogen) atoms. The Morgan fingerprint density at radius 1 is 1.11 bits per heavy atom. The Hall–Kier alpha value is -1.02. The lowest BCUT2D eigenvalue weighted by molar-refractivity contribution is 0.202. The van der Waals surface area contributed by atoms with E-state index in [1.165, 1.54) is 44.2 Å². The van der Waals surface area contributed by atoms with Gasteiger partial charge in [0, 0.05) is 13.1 Å². The van der Waals surface area contributed by atoms with Crippen LogP contribution in [0.1, 0.15) is 44.6 Å². The first-order valence-electron chi connectivity index (χ1n) is 7.28. The van der Waals surface area contributed by atoms with Crippen molar-refractivity contribution in [3.63, 3.8) is 0 Å². The van der Waals surface area contributed by atoms with Crippen molar-refractivity contribution < 1.29 is 5.11 Å². The average molecular weight is 247 g/mol. The molecule has 100 valence electrons. The highest BCUT2D eigenvalue weighted by molar-refractivity contribution is 5.25. The predicted molar refractivity (Wildman–Crippen MR) is 75.6 cm³/mol. The van der Waals surface area contributed by atoms with Crippen LogP contribution in [0.3, 0.4) is 0 Å². The Labute approximate surface area is 111 Å². The predicted octanol–water partition coefficient (Wildman–Crippen LogP) is 3.79. The van der Waals surface area contributed by atoms with Gasteiger partial charge >= 0.3 is 0 Å². The molecule has 0 atom stereocenters. The Balaban J connectivity index is 1.86. The van der Waals surface area contributed by atoms with Gasteiger partial charge in [0.2, 0.25) is 0 Å². The van der Waals surface area contributed by atoms with Crippen molar-refractivity contribution >= 4 is 0 Å². The fourth-order valence-corrected chi connectivity index (χ4v) is 2.90. The molecule has 2 heteroatoms. The molecule has 1 fully saturated rings. The minimum Gasteiger partial charge on any atom is -0.508 e. The van der Waals surface area contributed by atoms with E-state index < -0.39 is 0 Å². The maximum absolute atomic E-state index is 9.30. The number of aromatic hydroxyl groups is 1. The van der Waals surface area contributed by atoms with Crippen LogP contribution in [-0.4, -0.2) is 23.1 Å². The molecule has 1 N–H and O–H groups in total. The molecule has 2 nitrogen and oxygen atoms in total. The summed E-state index contributed by atoms with van der Waals surface area (Å²) in [6.45, 7) is 5.59. The van der Waals surface area contributed by atoms with Crippen molar-refractivity contribution in [1.82, 2.24) is 4.90 Å². The standard InChI is InChI=1S/C16H25NO/c1-2-17(12-14-6-4-3-5-7-14)13-15-8-10-16(18)11-9-15/h8-11,14,18H,2-7,12-13H2,1H3. The van der Waals surface area contributed by atoms with Crippen LogP contribution in [0, 0.1) is 5.92 Å². The SMILES string of the molecule is CCN(Cc1ccc(O)cc1)CC1CCCCC1. The Morgan fingerprint density at radius 2 is 1.78 bits per heavy atom. The summed E-state index contributed by atoms with van der Waals surface area (Å²) >= 11 is 0. The van der Waals surface area contributed by atoms with Crippen LogP contribution in [0.15, 0.2) is 24.3 Å². The molecule has 0 heterocycles. The first-order chi connectivity index (χ1) is 8.78. The molecule has 0 unspecified atom stereocenters. The summed E-state index contributed by atoms with van der Waals surface area (Å²) in [4.78, 5) is 2.53. The van der Waals surface area contributed by atoms with Gasteiger partial charge in [-0.25, -0.2) is 0 Å². The number of hydrogen-bond acceptors (Lipinski definition) is 2. The number of nitrogens with zero attached hydrogens (tertiary/aromatic N) is 1. The monoisotopic (exact) mass is 247 g/mol. The van der Waals surface area contributed by atoms with Crippen LogP contribution in [0.5, 0.6) is 5.75 Å². The molecule has 1 aliphatic carbocycles. The summed E-state index contributed by atoms with van der Waals surface area (Å²) in [5.41, 5.74) is 1.30. The third-order valence-corrected chi connectivity index (χ3v) is 4.03. The highest BCUT2D eigenvalue weighted by Gasteiger charge is 2.16. The van der Waals surface area contributed by atoms with Crippen molar-refractivity contribution in [3.05, 3.63) is 29.8 Å². The zero-order chi connectivity index (χ0) is 12.8. The van der Waals surface area contributed by atoms with E-state index in [-0.39, 0.29) is 0 Å². The zero-order valence-electron chi connectivity index (χ0n) is 11.4. The highest BCUT2D eigenvalue weighted by atomic mass is 16.3. The summed E-state index contributed by atoms with van der Waals surface area (Å²) in [5, 5.41) is 9.30. The second-order valence-corrected chi connectivity index (χ2v) is 5.50. The Kier molecular flexibility index (Phi) is 5.06. The van der Waals surface area contributed by atoms with Crippen molar-refractivity contribution in [1.29, 1.82) is 0 Å². The molecule has 0 amide bonds. The van der Waals surface area contributed by atoms with Gasteiger partial charge in [-0.1, -0.05) is 38.3 Å². The van der Waals surface area contributed by atoms with Crippen LogP contribution in [0.2, 0.25) is 0 Å². The van der Waals surface area contributed by atoms with E-state index in [9.17, 15) is 5.11 Å². The fourth-order valence-electron chi connectivity index (χ4n) is 2.90. The zero-order valence-corrected chi connectivity index (χ0v) is 11.4. The molecule has 0 saturated heterocycles. The van der Waals surface area contributed by atoms with Crippen molar-refractivity contribution in [2.75, 3.05) is 13.1 Å². The molecule has 0 bridgehead atoms. The van der Waals surface area contributed by atoms with E-state index in [4.69, 9.17) is 0 Å². The number of rotatable bonds is 5. The van der Waals surface area contributed by atoms with Gasteiger partial charge in [0.25, 0.3) is 0 Å². The van der Waals surface area contributed by atoms with E-state index in [0.29, 0.717) is 5.75 Å². The van der Waals surface area contributed by atoms with Gasteiger partial charge in [0.1, 0.15) is 5.75 Å². The summed E-state index contributed by atoms with van der Waals surface area (Å²) < 4.78 is 0. The van der Waals surface area contributed by atoms with Crippen LogP contribution >= 0.6 is 0 Å². The maximum atomic E-state index is 9.30. The quantitative estimate of drug-likeness (QED) is 0.855. The second-order valence-electron chi connectivity index (χ2n) is 5.50. The molecule has 0 radical (unpaired) electrons. The lowest BCUT2D eigenvalue weighted by Gasteiger charge is -2.29. The van der Waals surface area contributed by atoms with Gasteiger partial charge < -0.3 is 5.11 Å². The van der Waals surface area contributed by atoms with Gasteiger partial charge in [-0.2, -0.15) is 0 Å². The van der Waals surface area contributed by atoms with Crippen LogP contribution < -0.4 is 0 Å². The molecule has 1 aliphatic rings. The van der Waals surface area contributed by atoms with Crippen LogP contribution in [0.25, 0.3) is 0 Å². The molecule has 0 spiro atoms. The van der Waals surface area contributed by atoms with Gasteiger partial charge in [0.05, 0.1) is 0 Å². The molecule has 1 aromatic rings. The summed E-state index contributed by atoms with van der Waals surface area (Å²) in [6.07, 6.45) is 7.08. The number of phenolic OH excluding ortho intramolecular Hbond substituents is 1. The lowest BCUT2D eigenvalue weighted by Crippen LogP contribution is -2.30. The van der Waals surface area contributed by atoms with E-state index in [2.05, 4.69) is 11.8 Å². The third kappa shape index (κ3) is 4.02. The number of phenols is 1. The van der Waals surface area contributed by atoms with Gasteiger partial charge in [-0.05, 0) is 43.0 Å². The van der Waals surface area contributed by atoms with E-state index in [1.807, 2.05) is 12.1 Å². The van der Waals surface area contributed by atoms with E-state index in [1.54, 1.807) is 12.1 Å². The van der Waals surface area contributed by atoms with Crippen molar-refractivity contribution in [2.24, 2.45) is 5.92 Å². The topological polar surface area (TPSA) is 23.5 Å². The Morgan fingerprint density at radius 3 is 2.39 bits per heavy atom. The highest BCUT2D eigenvalue weighted by Crippen LogP contribution is 2.25. The molecule has 2 rings (SSSR count). The van der Waals surface area contributed by atoms with Crippen LogP contribution in [-0.2, 0) is 6.54 Å². The lowest BCUT2D eigenvalue weighted by atomic mass is 9.89. The van der Waals surface area contributed by atoms with Gasteiger partial charge in [-0.3, -0.25) is 4.90 Å². The minimum atomic E-state index is 0.356. The van der Waals surface area contributed by atoms with Crippen molar-refractivity contribution in [2.45, 2.75) is 45.6 Å². The van der Waals surface area contributed by atoms with Crippen LogP contribution in [0.4, 0.5) is 0 Å². The van der Waals surface area contributed by atoms with E-state index in [0.717, 1.165) is 19.0 Å². The molecule has 1 saturated carbocycles. The first kappa shape index (κ1) is 13.4. The molecule has 0 aromatic heterocycles. The molecule has 1 aromatic carbocycles. The second kappa shape index (κ2) is 6.79. The van der Waals surface area contributed by atoms with Gasteiger partial charge in [0.15, 0.2) is 0 Å². The van der Waals surface area contributed by atoms with Crippen molar-refractivity contribution in [3.8, 4) is 5.75 Å². The summed E-state index contributed by atoms with van der Waals surface area (Å²) in [6, 6.07) is 7.62. The number of benzene rings is 1. The third-order valence-electron chi connectivity index (χ3n) is 4.03. The average Bonchev–Trinajstić information content (AvgIpc) is 2.41. The number of hydrogen-bond donors (Lipinski definition) is 1. The largest absolute Gasteiger partial charge is 0.508 e. The minimum absolute atomic E-state index is 0.356. The maximum Gasteiger partial charge on any atom is 0.115 e. The molecular weight excluding hydrogens is 222 g/mol. The Bertz CT molecular complexity index is 341. The normalized spacial score (nSPS) is 17.2. The fraction of sp³-hybridized carbons (Fsp3) is 0.625. The van der Waals surface area contributed by atoms with Gasteiger partial charge in [-0.15, -0.1) is 0 Å². The summed E-state index contributed by atoms with van der Waals surface area (Å²) in [7, 11) is 0. The molecular formula is C16H25NO. The summed E-state index contributed by atoms with van der Waals surface area (Å²) in [5.74, 6) is 1.25. The van der Waals surface area contributed by atoms with E-state index >= 15 is 0 Å². The smallest absolute Gasteiger partial charge is 0.115 e. The first-order valence-corrected chi connectivity index (χ1v) is 7.28. The molecule has 0 aliphatic heterocycles.